The minimum absolute atomic E-state index is 0.135. The molecule has 8 heterocycles. The number of aryl methyl sites for hydroxylation is 1. The lowest BCUT2D eigenvalue weighted by Gasteiger charge is -2.49. The highest BCUT2D eigenvalue weighted by atomic mass is 16.3. The number of benzene rings is 2. The predicted octanol–water partition coefficient (Wildman–Crippen LogP) is 3.97. The highest BCUT2D eigenvalue weighted by Crippen LogP contribution is 2.39. The van der Waals surface area contributed by atoms with Crippen LogP contribution in [0.2, 0.25) is 0 Å². The molecule has 0 saturated carbocycles. The summed E-state index contributed by atoms with van der Waals surface area (Å²) in [6.45, 7) is 12.6. The molecule has 336 valence electrons. The van der Waals surface area contributed by atoms with Gasteiger partial charge in [-0.25, -0.2) is 19.3 Å². The van der Waals surface area contributed by atoms with E-state index in [0.29, 0.717) is 71.9 Å². The van der Waals surface area contributed by atoms with E-state index >= 15 is 0 Å². The summed E-state index contributed by atoms with van der Waals surface area (Å²) in [6, 6.07) is 16.9. The van der Waals surface area contributed by atoms with Gasteiger partial charge in [-0.3, -0.25) is 34.3 Å². The van der Waals surface area contributed by atoms with Crippen molar-refractivity contribution in [3.63, 3.8) is 0 Å². The molecule has 3 N–H and O–H groups in total. The van der Waals surface area contributed by atoms with Crippen LogP contribution in [0.1, 0.15) is 83.8 Å². The number of hydrogen-bond donors (Lipinski definition) is 3. The van der Waals surface area contributed by atoms with Crippen LogP contribution >= 0.6 is 0 Å². The van der Waals surface area contributed by atoms with Gasteiger partial charge in [0.1, 0.15) is 17.0 Å². The Kier molecular flexibility index (Phi) is 10.4. The molecule has 11 rings (SSSR count). The molecule has 0 radical (unpaired) electrons. The van der Waals surface area contributed by atoms with Crippen LogP contribution in [0.5, 0.6) is 0 Å². The zero-order valence-electron chi connectivity index (χ0n) is 36.8. The summed E-state index contributed by atoms with van der Waals surface area (Å²) in [5, 5.41) is 17.5. The minimum atomic E-state index is -0.994. The topological polar surface area (TPSA) is 174 Å². The fourth-order valence-corrected chi connectivity index (χ4v) is 11.2. The summed E-state index contributed by atoms with van der Waals surface area (Å²) in [5.74, 6) is 0.101. The maximum atomic E-state index is 13.6. The largest absolute Gasteiger partial charge is 0.384 e. The zero-order chi connectivity index (χ0) is 44.6. The van der Waals surface area contributed by atoms with Crippen molar-refractivity contribution < 1.29 is 19.5 Å². The van der Waals surface area contributed by atoms with Gasteiger partial charge in [0, 0.05) is 87.5 Å². The smallest absolute Gasteiger partial charge is 0.278 e. The van der Waals surface area contributed by atoms with Gasteiger partial charge < -0.3 is 20.2 Å². The molecular formula is C49H55N11O5. The molecule has 0 bridgehead atoms. The first-order valence-corrected chi connectivity index (χ1v) is 23.3. The van der Waals surface area contributed by atoms with Gasteiger partial charge in [-0.05, 0) is 110 Å². The van der Waals surface area contributed by atoms with Gasteiger partial charge in [-0.2, -0.15) is 4.98 Å². The molecule has 3 fully saturated rings. The quantitative estimate of drug-likeness (QED) is 0.136. The Morgan fingerprint density at radius 1 is 0.862 bits per heavy atom. The van der Waals surface area contributed by atoms with Gasteiger partial charge in [0.2, 0.25) is 17.8 Å². The molecule has 1 aliphatic carbocycles. The van der Waals surface area contributed by atoms with Crippen LogP contribution < -0.4 is 21.1 Å². The molecule has 65 heavy (non-hydrogen) atoms. The number of carbonyl (C=O) groups excluding carboxylic acids is 3. The maximum Gasteiger partial charge on any atom is 0.278 e. The third-order valence-electron chi connectivity index (χ3n) is 15.1. The number of rotatable bonds is 10. The number of likely N-dealkylation sites (tertiary alicyclic amines) is 1. The average Bonchev–Trinajstić information content (AvgIpc) is 3.83. The number of pyridine rings is 1. The fourth-order valence-electron chi connectivity index (χ4n) is 11.2. The van der Waals surface area contributed by atoms with Crippen LogP contribution in [0.15, 0.2) is 72.2 Å². The molecule has 16 nitrogen and oxygen atoms in total. The molecule has 0 spiro atoms. The molecule has 3 saturated heterocycles. The second-order valence-electron chi connectivity index (χ2n) is 18.7. The van der Waals surface area contributed by atoms with Crippen molar-refractivity contribution >= 4 is 46.1 Å². The van der Waals surface area contributed by atoms with E-state index < -0.39 is 11.6 Å². The first-order valence-electron chi connectivity index (χ1n) is 23.3. The molecule has 5 aliphatic heterocycles. The summed E-state index contributed by atoms with van der Waals surface area (Å²) in [5.41, 5.74) is 7.19. The molecule has 5 aromatic rings. The number of aromatic nitrogens is 5. The number of fused-ring (bicyclic) bond motifs is 4. The Balaban J connectivity index is 0.706. The number of allylic oxidation sites excluding steroid dienone is 1. The molecule has 6 aliphatic rings. The maximum absolute atomic E-state index is 13.6. The molecule has 3 aromatic heterocycles. The summed E-state index contributed by atoms with van der Waals surface area (Å²) in [4.78, 5) is 74.7. The van der Waals surface area contributed by atoms with Crippen molar-refractivity contribution in [1.29, 1.82) is 0 Å². The number of imide groups is 1. The third-order valence-corrected chi connectivity index (χ3v) is 15.1. The lowest BCUT2D eigenvalue weighted by Crippen LogP contribution is -2.62. The summed E-state index contributed by atoms with van der Waals surface area (Å²) >= 11 is 0. The van der Waals surface area contributed by atoms with E-state index in [4.69, 9.17) is 9.97 Å². The van der Waals surface area contributed by atoms with Crippen LogP contribution in [0, 0.1) is 0 Å². The first-order chi connectivity index (χ1) is 31.6. The number of piperidine rings is 2. The van der Waals surface area contributed by atoms with E-state index in [-0.39, 0.29) is 36.2 Å². The number of amides is 3. The molecule has 2 atom stereocenters. The molecular weight excluding hydrogens is 823 g/mol. The number of nitrogens with one attached hydrogen (secondary N) is 2. The van der Waals surface area contributed by atoms with Crippen molar-refractivity contribution in [2.24, 2.45) is 0 Å². The van der Waals surface area contributed by atoms with Crippen molar-refractivity contribution in [1.82, 2.24) is 44.3 Å². The monoisotopic (exact) mass is 877 g/mol. The van der Waals surface area contributed by atoms with Gasteiger partial charge in [0.15, 0.2) is 11.5 Å². The number of nitrogens with zero attached hydrogens (tertiary/aromatic N) is 9. The number of anilines is 3. The van der Waals surface area contributed by atoms with Crippen molar-refractivity contribution in [3.05, 3.63) is 111 Å². The Labute approximate surface area is 376 Å². The predicted molar refractivity (Wildman–Crippen MR) is 245 cm³/mol. The van der Waals surface area contributed by atoms with Gasteiger partial charge in [0.25, 0.3) is 11.5 Å². The SMILES string of the molecule is C=CCn1c(=O)c2cnc(Nc3ccc4c(c3)CCN(C3CCN(C5CN(c6ccc7c(c6)CN(C6CCC(=O)NC6=O)C7=O)C5)CC3)CC4)nc2n1-c1ccc2c(n1)[C@@](O)(CC)CC2. The van der Waals surface area contributed by atoms with Gasteiger partial charge in [0.05, 0.1) is 12.2 Å². The van der Waals surface area contributed by atoms with Crippen LogP contribution in [0.25, 0.3) is 16.9 Å². The third kappa shape index (κ3) is 7.31. The van der Waals surface area contributed by atoms with E-state index in [1.807, 2.05) is 31.2 Å². The van der Waals surface area contributed by atoms with E-state index in [9.17, 15) is 24.3 Å². The van der Waals surface area contributed by atoms with E-state index in [2.05, 4.69) is 61.2 Å². The number of hydrogen-bond acceptors (Lipinski definition) is 12. The van der Waals surface area contributed by atoms with Crippen molar-refractivity contribution in [2.75, 3.05) is 49.5 Å². The Morgan fingerprint density at radius 2 is 1.65 bits per heavy atom. The highest BCUT2D eigenvalue weighted by Gasteiger charge is 2.41. The Hall–Kier alpha value is -6.23. The van der Waals surface area contributed by atoms with Crippen LogP contribution in [-0.2, 0) is 47.5 Å². The second-order valence-corrected chi connectivity index (χ2v) is 18.7. The first kappa shape index (κ1) is 41.5. The van der Waals surface area contributed by atoms with Gasteiger partial charge in [-0.1, -0.05) is 25.1 Å². The van der Waals surface area contributed by atoms with Crippen LogP contribution in [-0.4, -0.2) is 119 Å². The van der Waals surface area contributed by atoms with E-state index in [1.54, 1.807) is 26.5 Å². The van der Waals surface area contributed by atoms with Gasteiger partial charge >= 0.3 is 0 Å². The van der Waals surface area contributed by atoms with Gasteiger partial charge in [-0.15, -0.1) is 6.58 Å². The summed E-state index contributed by atoms with van der Waals surface area (Å²) in [7, 11) is 0. The van der Waals surface area contributed by atoms with Crippen LogP contribution in [0.4, 0.5) is 17.3 Å². The highest BCUT2D eigenvalue weighted by molar-refractivity contribution is 6.05. The normalized spacial score (nSPS) is 23.0. The molecule has 3 amide bonds. The number of aliphatic hydroxyl groups is 1. The molecule has 1 unspecified atom stereocenters. The van der Waals surface area contributed by atoms with Crippen molar-refractivity contribution in [3.8, 4) is 5.82 Å². The van der Waals surface area contributed by atoms with Crippen LogP contribution in [0.3, 0.4) is 0 Å². The molecule has 16 heteroatoms. The van der Waals surface area contributed by atoms with Crippen molar-refractivity contribution in [2.45, 2.75) is 102 Å². The number of carbonyl (C=O) groups is 3. The second kappa shape index (κ2) is 16.3. The summed E-state index contributed by atoms with van der Waals surface area (Å²) < 4.78 is 3.29. The zero-order valence-corrected chi connectivity index (χ0v) is 36.8. The summed E-state index contributed by atoms with van der Waals surface area (Å²) in [6.07, 6.45) is 10.1. The molecule has 2 aromatic carbocycles. The minimum Gasteiger partial charge on any atom is -0.384 e. The average molecular weight is 878 g/mol. The van der Waals surface area contributed by atoms with E-state index in [0.717, 1.165) is 93.9 Å². The lowest BCUT2D eigenvalue weighted by molar-refractivity contribution is -0.136. The van der Waals surface area contributed by atoms with E-state index in [1.165, 1.54) is 11.1 Å². The fraction of sp³-hybridized carbons (Fsp3) is 0.449. The standard InChI is InChI=1S/C49H55N11O5/c1-3-19-59-47(64)39-26-50-48(54-44(39)60(59)41-11-6-31-13-18-49(65,4-2)43(31)52-41)51-34-7-5-30-14-20-55(21-15-32(30)24-34)35-16-22-56(23-17-35)37-28-57(29-37)36-8-9-38-33(25-36)27-58(46(38)63)40-10-12-42(61)53-45(40)62/h3,5-9,11,24-26,35,37,40,65H,1,4,10,12-23,27-29H2,2H3,(H,50,51,54)(H,53,61,62)/t40?,49-/m1/s1. The Morgan fingerprint density at radius 3 is 2.43 bits per heavy atom. The lowest BCUT2D eigenvalue weighted by atomic mass is 9.97. The Bertz CT molecular complexity index is 2820.